The molecule has 0 fully saturated rings. The quantitative estimate of drug-likeness (QED) is 0.853. The highest BCUT2D eigenvalue weighted by molar-refractivity contribution is 5.65. The van der Waals surface area contributed by atoms with E-state index in [0.29, 0.717) is 0 Å². The van der Waals surface area contributed by atoms with Gasteiger partial charge in [0.1, 0.15) is 29.7 Å². The first kappa shape index (κ1) is 17.9. The molecular weight excluding hydrogens is 309 g/mol. The van der Waals surface area contributed by atoms with Gasteiger partial charge in [0.15, 0.2) is 5.57 Å². The molecule has 1 rings (SSSR count). The van der Waals surface area contributed by atoms with Gasteiger partial charge in [0.25, 0.3) is 0 Å². The fourth-order valence-corrected chi connectivity index (χ4v) is 1.58. The third-order valence-electron chi connectivity index (χ3n) is 2.51. The molecular formula is C15H11F3N4O. The predicted molar refractivity (Wildman–Crippen MR) is 74.7 cm³/mol. The van der Waals surface area contributed by atoms with E-state index in [4.69, 9.17) is 20.5 Å². The number of alkyl halides is 3. The third kappa shape index (κ3) is 4.66. The number of nitrogens with zero attached hydrogens (tertiary/aromatic N) is 3. The lowest BCUT2D eigenvalue weighted by Gasteiger charge is -2.17. The molecule has 0 unspecified atom stereocenters. The summed E-state index contributed by atoms with van der Waals surface area (Å²) >= 11 is 0. The number of nitrogens with one attached hydrogen (secondary N) is 1. The van der Waals surface area contributed by atoms with Crippen molar-refractivity contribution in [2.75, 3.05) is 5.32 Å². The number of nitriles is 3. The fraction of sp³-hybridized carbons (Fsp3) is 0.267. The van der Waals surface area contributed by atoms with Gasteiger partial charge >= 0.3 is 6.18 Å². The number of hydrogen-bond donors (Lipinski definition) is 1. The third-order valence-corrected chi connectivity index (χ3v) is 2.51. The first-order valence-electron chi connectivity index (χ1n) is 6.32. The molecule has 0 spiro atoms. The molecule has 5 nitrogen and oxygen atoms in total. The van der Waals surface area contributed by atoms with Gasteiger partial charge in [-0.3, -0.25) is 0 Å². The monoisotopic (exact) mass is 320 g/mol. The summed E-state index contributed by atoms with van der Waals surface area (Å²) in [4.78, 5) is 0. The van der Waals surface area contributed by atoms with Gasteiger partial charge in [0.2, 0.25) is 0 Å². The number of ether oxygens (including phenoxy) is 1. The Morgan fingerprint density at radius 2 is 1.74 bits per heavy atom. The SMILES string of the molecule is CC(C)Oc1ccc(C(F)(F)F)cc1NC(C#N)=C(C#N)C#N. The summed E-state index contributed by atoms with van der Waals surface area (Å²) in [6.07, 6.45) is -4.91. The van der Waals surface area contributed by atoms with Crippen LogP contribution in [-0.4, -0.2) is 6.10 Å². The van der Waals surface area contributed by atoms with E-state index in [2.05, 4.69) is 5.32 Å². The van der Waals surface area contributed by atoms with E-state index in [1.54, 1.807) is 19.9 Å². The molecule has 0 aromatic heterocycles. The van der Waals surface area contributed by atoms with Crippen LogP contribution in [0.25, 0.3) is 0 Å². The van der Waals surface area contributed by atoms with Gasteiger partial charge in [-0.05, 0) is 32.0 Å². The Morgan fingerprint density at radius 3 is 2.17 bits per heavy atom. The highest BCUT2D eigenvalue weighted by Gasteiger charge is 2.31. The topological polar surface area (TPSA) is 92.6 Å². The molecule has 8 heteroatoms. The lowest BCUT2D eigenvalue weighted by molar-refractivity contribution is -0.137. The number of halogens is 3. The molecule has 1 aromatic rings. The molecule has 0 aliphatic heterocycles. The minimum atomic E-state index is -4.59. The predicted octanol–water partition coefficient (Wildman–Crippen LogP) is 3.73. The minimum absolute atomic E-state index is 0.0657. The second-order valence-corrected chi connectivity index (χ2v) is 4.59. The lowest BCUT2D eigenvalue weighted by Crippen LogP contribution is -2.11. The molecule has 1 N–H and O–H groups in total. The molecule has 0 amide bonds. The smallest absolute Gasteiger partial charge is 0.416 e. The first-order valence-corrected chi connectivity index (χ1v) is 6.32. The number of allylic oxidation sites excluding steroid dienone is 2. The number of anilines is 1. The second kappa shape index (κ2) is 7.20. The van der Waals surface area contributed by atoms with Gasteiger partial charge in [0.05, 0.1) is 17.4 Å². The van der Waals surface area contributed by atoms with E-state index in [0.717, 1.165) is 18.2 Å². The van der Waals surface area contributed by atoms with Crippen molar-refractivity contribution in [2.45, 2.75) is 26.1 Å². The zero-order valence-electron chi connectivity index (χ0n) is 12.2. The summed E-state index contributed by atoms with van der Waals surface area (Å²) in [5, 5.41) is 28.9. The van der Waals surface area contributed by atoms with Gasteiger partial charge in [-0.2, -0.15) is 29.0 Å². The summed E-state index contributed by atoms with van der Waals surface area (Å²) in [5.74, 6) is 0.0657. The Hall–Kier alpha value is -3.18. The maximum atomic E-state index is 12.8. The van der Waals surface area contributed by atoms with Crippen LogP contribution in [0.4, 0.5) is 18.9 Å². The highest BCUT2D eigenvalue weighted by atomic mass is 19.4. The minimum Gasteiger partial charge on any atom is -0.489 e. The van der Waals surface area contributed by atoms with E-state index < -0.39 is 23.0 Å². The van der Waals surface area contributed by atoms with Crippen molar-refractivity contribution in [3.05, 3.63) is 35.0 Å². The first-order chi connectivity index (χ1) is 10.7. The molecule has 0 heterocycles. The van der Waals surface area contributed by atoms with E-state index in [-0.39, 0.29) is 17.5 Å². The van der Waals surface area contributed by atoms with Crippen LogP contribution in [0, 0.1) is 34.0 Å². The molecule has 0 aliphatic carbocycles. The van der Waals surface area contributed by atoms with Crippen LogP contribution in [-0.2, 0) is 6.18 Å². The van der Waals surface area contributed by atoms with E-state index in [9.17, 15) is 13.2 Å². The highest BCUT2D eigenvalue weighted by Crippen LogP contribution is 2.36. The molecule has 0 radical (unpaired) electrons. The Kier molecular flexibility index (Phi) is 5.59. The zero-order chi connectivity index (χ0) is 17.6. The van der Waals surface area contributed by atoms with Crippen LogP contribution in [0.2, 0.25) is 0 Å². The molecule has 0 aliphatic rings. The van der Waals surface area contributed by atoms with Gasteiger partial charge < -0.3 is 10.1 Å². The Bertz CT molecular complexity index is 730. The lowest BCUT2D eigenvalue weighted by atomic mass is 10.1. The standard InChI is InChI=1S/C15H11F3N4O/c1-9(2)23-14-4-3-11(15(16,17)18)5-12(14)22-13(8-21)10(6-19)7-20/h3-5,9,22H,1-2H3. The second-order valence-electron chi connectivity index (χ2n) is 4.59. The Balaban J connectivity index is 3.42. The van der Waals surface area contributed by atoms with E-state index in [1.165, 1.54) is 12.1 Å². The molecule has 0 saturated heterocycles. The van der Waals surface area contributed by atoms with Crippen LogP contribution >= 0.6 is 0 Å². The van der Waals surface area contributed by atoms with Gasteiger partial charge in [0, 0.05) is 0 Å². The van der Waals surface area contributed by atoms with Crippen LogP contribution in [0.3, 0.4) is 0 Å². The van der Waals surface area contributed by atoms with Crippen molar-refractivity contribution in [2.24, 2.45) is 0 Å². The van der Waals surface area contributed by atoms with Crippen LogP contribution in [0.5, 0.6) is 5.75 Å². The molecule has 0 saturated carbocycles. The molecule has 23 heavy (non-hydrogen) atoms. The van der Waals surface area contributed by atoms with Crippen LogP contribution in [0.15, 0.2) is 29.5 Å². The molecule has 0 atom stereocenters. The van der Waals surface area contributed by atoms with E-state index >= 15 is 0 Å². The van der Waals surface area contributed by atoms with Crippen molar-refractivity contribution >= 4 is 5.69 Å². The van der Waals surface area contributed by atoms with Gasteiger partial charge in [-0.25, -0.2) is 0 Å². The fourth-order valence-electron chi connectivity index (χ4n) is 1.58. The largest absolute Gasteiger partial charge is 0.489 e. The maximum Gasteiger partial charge on any atom is 0.416 e. The van der Waals surface area contributed by atoms with Crippen molar-refractivity contribution in [1.82, 2.24) is 0 Å². The number of benzene rings is 1. The number of rotatable bonds is 4. The van der Waals surface area contributed by atoms with Crippen molar-refractivity contribution < 1.29 is 17.9 Å². The van der Waals surface area contributed by atoms with Crippen molar-refractivity contribution in [1.29, 1.82) is 15.8 Å². The average Bonchev–Trinajstić information content (AvgIpc) is 2.47. The normalized spacial score (nSPS) is 10.2. The van der Waals surface area contributed by atoms with Gasteiger partial charge in [-0.1, -0.05) is 0 Å². The molecule has 0 bridgehead atoms. The summed E-state index contributed by atoms with van der Waals surface area (Å²) in [6.45, 7) is 3.36. The molecule has 1 aromatic carbocycles. The summed E-state index contributed by atoms with van der Waals surface area (Å²) < 4.78 is 43.8. The van der Waals surface area contributed by atoms with Crippen molar-refractivity contribution in [3.8, 4) is 24.0 Å². The molecule has 118 valence electrons. The van der Waals surface area contributed by atoms with Crippen LogP contribution in [0.1, 0.15) is 19.4 Å². The Labute approximate surface area is 130 Å². The zero-order valence-corrected chi connectivity index (χ0v) is 12.2. The maximum absolute atomic E-state index is 12.8. The van der Waals surface area contributed by atoms with E-state index in [1.807, 2.05) is 0 Å². The number of hydrogen-bond acceptors (Lipinski definition) is 5. The summed E-state index contributed by atoms with van der Waals surface area (Å²) in [6, 6.07) is 7.28. The van der Waals surface area contributed by atoms with Gasteiger partial charge in [-0.15, -0.1) is 0 Å². The van der Waals surface area contributed by atoms with Crippen molar-refractivity contribution in [3.63, 3.8) is 0 Å². The Morgan fingerprint density at radius 1 is 1.13 bits per heavy atom. The van der Waals surface area contributed by atoms with Crippen LogP contribution < -0.4 is 10.1 Å². The average molecular weight is 320 g/mol. The summed E-state index contributed by atoms with van der Waals surface area (Å²) in [5.41, 5.74) is -2.11. The summed E-state index contributed by atoms with van der Waals surface area (Å²) in [7, 11) is 0.